The van der Waals surface area contributed by atoms with Gasteiger partial charge in [0.2, 0.25) is 0 Å². The molecule has 0 N–H and O–H groups in total. The minimum absolute atomic E-state index is 1.04. The zero-order valence-corrected chi connectivity index (χ0v) is 30.2. The molecule has 0 radical (unpaired) electrons. The smallest absolute Gasteiger partial charge is 0.0874 e. The van der Waals surface area contributed by atoms with E-state index in [0.717, 1.165) is 5.75 Å². The Bertz CT molecular complexity index is 428. The minimum Gasteiger partial charge on any atom is -0.325 e. The first-order chi connectivity index (χ1) is 20.2. The van der Waals surface area contributed by atoms with Crippen molar-refractivity contribution in [2.24, 2.45) is 0 Å². The van der Waals surface area contributed by atoms with Crippen molar-refractivity contribution in [2.75, 3.05) is 32.4 Å². The summed E-state index contributed by atoms with van der Waals surface area (Å²) in [5, 5.41) is 0. The summed E-state index contributed by atoms with van der Waals surface area (Å²) in [5.41, 5.74) is 0. The van der Waals surface area contributed by atoms with Crippen LogP contribution in [0, 0.1) is 0 Å². The second-order valence-corrected chi connectivity index (χ2v) is 14.6. The standard InChI is InChI=1S/C39H81NS/c1-4-6-8-10-12-14-16-18-20-22-24-26-28-30-32-34-36-40(3,38-39-41)37-35-33-31-29-27-25-23-21-19-17-15-13-11-9-7-5-2/h4-39H2,1-3H3/p+1. The number of nitrogens with zero attached hydrogens (tertiary/aromatic N) is 1. The highest BCUT2D eigenvalue weighted by molar-refractivity contribution is 7.80. The van der Waals surface area contributed by atoms with E-state index in [1.165, 1.54) is 230 Å². The van der Waals surface area contributed by atoms with Gasteiger partial charge in [-0.05, 0) is 25.7 Å². The Hall–Kier alpha value is 0.310. The Labute approximate surface area is 268 Å². The fourth-order valence-corrected chi connectivity index (χ4v) is 7.14. The highest BCUT2D eigenvalue weighted by Gasteiger charge is 2.19. The number of hydrogen-bond donors (Lipinski definition) is 1. The van der Waals surface area contributed by atoms with Crippen molar-refractivity contribution >= 4 is 12.6 Å². The third-order valence-electron chi connectivity index (χ3n) is 9.74. The molecule has 0 aromatic carbocycles. The van der Waals surface area contributed by atoms with Crippen LogP contribution in [-0.4, -0.2) is 36.9 Å². The predicted octanol–water partition coefficient (Wildman–Crippen LogP) is 13.9. The molecule has 0 aliphatic carbocycles. The van der Waals surface area contributed by atoms with Gasteiger partial charge in [0.15, 0.2) is 0 Å². The molecule has 0 aromatic rings. The molecule has 0 rings (SSSR count). The van der Waals surface area contributed by atoms with Crippen LogP contribution in [0.1, 0.15) is 219 Å². The number of thiol groups is 1. The van der Waals surface area contributed by atoms with E-state index in [4.69, 9.17) is 0 Å². The number of hydrogen-bond acceptors (Lipinski definition) is 1. The van der Waals surface area contributed by atoms with Gasteiger partial charge < -0.3 is 4.48 Å². The Morgan fingerprint density at radius 1 is 0.293 bits per heavy atom. The molecule has 0 atom stereocenters. The monoisotopic (exact) mass is 597 g/mol. The highest BCUT2D eigenvalue weighted by atomic mass is 32.1. The van der Waals surface area contributed by atoms with Crippen molar-refractivity contribution in [3.63, 3.8) is 0 Å². The van der Waals surface area contributed by atoms with Crippen LogP contribution in [0.5, 0.6) is 0 Å². The summed E-state index contributed by atoms with van der Waals surface area (Å²) in [7, 11) is 2.51. The van der Waals surface area contributed by atoms with Crippen molar-refractivity contribution in [1.29, 1.82) is 0 Å². The van der Waals surface area contributed by atoms with E-state index in [1.54, 1.807) is 0 Å². The van der Waals surface area contributed by atoms with E-state index >= 15 is 0 Å². The van der Waals surface area contributed by atoms with E-state index in [1.807, 2.05) is 0 Å². The second kappa shape index (κ2) is 34.8. The Morgan fingerprint density at radius 2 is 0.488 bits per heavy atom. The first-order valence-electron chi connectivity index (χ1n) is 19.6. The average Bonchev–Trinajstić information content (AvgIpc) is 2.97. The summed E-state index contributed by atoms with van der Waals surface area (Å²) < 4.78 is 1.26. The van der Waals surface area contributed by atoms with Gasteiger partial charge in [0, 0.05) is 5.75 Å². The molecule has 248 valence electrons. The lowest BCUT2D eigenvalue weighted by atomic mass is 10.0. The lowest BCUT2D eigenvalue weighted by molar-refractivity contribution is -0.907. The van der Waals surface area contributed by atoms with Crippen LogP contribution < -0.4 is 0 Å². The van der Waals surface area contributed by atoms with Crippen molar-refractivity contribution in [1.82, 2.24) is 0 Å². The molecule has 0 heterocycles. The molecule has 0 unspecified atom stereocenters. The quantitative estimate of drug-likeness (QED) is 0.0415. The van der Waals surface area contributed by atoms with Gasteiger partial charge in [0.1, 0.15) is 0 Å². The molecule has 1 nitrogen and oxygen atoms in total. The fourth-order valence-electron chi connectivity index (χ4n) is 6.66. The van der Waals surface area contributed by atoms with Crippen LogP contribution in [0.4, 0.5) is 0 Å². The van der Waals surface area contributed by atoms with Crippen molar-refractivity contribution in [3.05, 3.63) is 0 Å². The number of rotatable bonds is 36. The zero-order chi connectivity index (χ0) is 30.0. The third-order valence-corrected chi connectivity index (χ3v) is 9.94. The van der Waals surface area contributed by atoms with Gasteiger partial charge >= 0.3 is 0 Å². The minimum atomic E-state index is 1.04. The van der Waals surface area contributed by atoms with Crippen LogP contribution in [0.15, 0.2) is 0 Å². The van der Waals surface area contributed by atoms with Crippen molar-refractivity contribution < 1.29 is 4.48 Å². The van der Waals surface area contributed by atoms with Gasteiger partial charge in [0.25, 0.3) is 0 Å². The molecule has 0 aliphatic rings. The normalized spacial score (nSPS) is 12.0. The molecule has 0 spiro atoms. The summed E-state index contributed by atoms with van der Waals surface area (Å²) in [6, 6.07) is 0. The van der Waals surface area contributed by atoms with Gasteiger partial charge in [0.05, 0.1) is 26.7 Å². The largest absolute Gasteiger partial charge is 0.325 e. The molecular weight excluding hydrogens is 515 g/mol. The molecule has 2 heteroatoms. The second-order valence-electron chi connectivity index (χ2n) is 14.1. The SMILES string of the molecule is CCCCCCCCCCCCCCCCCC[N+](C)(CCS)CCCCCCCCCCCCCCCCCC. The maximum atomic E-state index is 4.61. The average molecular weight is 597 g/mol. The molecule has 0 saturated heterocycles. The topological polar surface area (TPSA) is 0 Å². The maximum absolute atomic E-state index is 4.61. The fraction of sp³-hybridized carbons (Fsp3) is 1.00. The van der Waals surface area contributed by atoms with E-state index < -0.39 is 0 Å². The summed E-state index contributed by atoms with van der Waals surface area (Å²) in [6.45, 7) is 8.61. The summed E-state index contributed by atoms with van der Waals surface area (Å²) in [5.74, 6) is 1.04. The predicted molar refractivity (Wildman–Crippen MR) is 194 cm³/mol. The summed E-state index contributed by atoms with van der Waals surface area (Å²) in [4.78, 5) is 0. The molecule has 0 bridgehead atoms. The van der Waals surface area contributed by atoms with Crippen LogP contribution in [-0.2, 0) is 0 Å². The van der Waals surface area contributed by atoms with Gasteiger partial charge in [-0.1, -0.05) is 194 Å². The Morgan fingerprint density at radius 3 is 0.683 bits per heavy atom. The summed E-state index contributed by atoms with van der Waals surface area (Å²) >= 11 is 4.61. The van der Waals surface area contributed by atoms with Gasteiger partial charge in [-0.15, -0.1) is 0 Å². The molecule has 0 aromatic heterocycles. The third kappa shape index (κ3) is 33.0. The Balaban J connectivity index is 3.49. The molecule has 0 aliphatic heterocycles. The van der Waals surface area contributed by atoms with Crippen molar-refractivity contribution in [2.45, 2.75) is 219 Å². The summed E-state index contributed by atoms with van der Waals surface area (Å²) in [6.07, 6.45) is 46.7. The molecule has 0 fully saturated rings. The lowest BCUT2D eigenvalue weighted by Gasteiger charge is -2.34. The first kappa shape index (κ1) is 41.3. The van der Waals surface area contributed by atoms with E-state index in [-0.39, 0.29) is 0 Å². The molecule has 0 amide bonds. The first-order valence-corrected chi connectivity index (χ1v) is 20.3. The zero-order valence-electron chi connectivity index (χ0n) is 29.4. The van der Waals surface area contributed by atoms with E-state index in [0.29, 0.717) is 0 Å². The lowest BCUT2D eigenvalue weighted by Crippen LogP contribution is -2.47. The van der Waals surface area contributed by atoms with Gasteiger partial charge in [-0.3, -0.25) is 0 Å². The molecule has 41 heavy (non-hydrogen) atoms. The Kier molecular flexibility index (Phi) is 35.1. The molecule has 0 saturated carbocycles. The highest BCUT2D eigenvalue weighted by Crippen LogP contribution is 2.17. The molecular formula is C39H82NS+. The van der Waals surface area contributed by atoms with Crippen LogP contribution in [0.3, 0.4) is 0 Å². The van der Waals surface area contributed by atoms with Gasteiger partial charge in [-0.2, -0.15) is 12.6 Å². The van der Waals surface area contributed by atoms with E-state index in [9.17, 15) is 0 Å². The number of quaternary nitrogens is 1. The van der Waals surface area contributed by atoms with Crippen LogP contribution in [0.25, 0.3) is 0 Å². The van der Waals surface area contributed by atoms with Crippen molar-refractivity contribution in [3.8, 4) is 0 Å². The van der Waals surface area contributed by atoms with E-state index in [2.05, 4.69) is 33.5 Å². The van der Waals surface area contributed by atoms with Crippen LogP contribution in [0.2, 0.25) is 0 Å². The maximum Gasteiger partial charge on any atom is 0.0874 e. The van der Waals surface area contributed by atoms with Gasteiger partial charge in [-0.25, -0.2) is 0 Å². The number of unbranched alkanes of at least 4 members (excludes halogenated alkanes) is 30. The van der Waals surface area contributed by atoms with Crippen LogP contribution >= 0.6 is 12.6 Å².